The summed E-state index contributed by atoms with van der Waals surface area (Å²) in [5, 5.41) is 2.09. The molecule has 108 valence electrons. The monoisotopic (exact) mass is 322 g/mol. The standard InChI is InChI=1S/C18H14N2S2/c1-3-7-14(8-4-1)17-16(20-11-12-21-18(20)19-17)13-22-15-9-5-2-6-10-15/h1-12H,13H2. The molecule has 2 aromatic heterocycles. The van der Waals surface area contributed by atoms with E-state index in [0.29, 0.717) is 0 Å². The van der Waals surface area contributed by atoms with Crippen LogP contribution in [0.4, 0.5) is 0 Å². The molecule has 0 saturated carbocycles. The van der Waals surface area contributed by atoms with Crippen LogP contribution in [-0.2, 0) is 5.75 Å². The Hall–Kier alpha value is -2.04. The van der Waals surface area contributed by atoms with Crippen LogP contribution >= 0.6 is 23.1 Å². The third kappa shape index (κ3) is 2.56. The third-order valence-electron chi connectivity index (χ3n) is 3.53. The fourth-order valence-corrected chi connectivity index (χ4v) is 4.13. The van der Waals surface area contributed by atoms with E-state index in [-0.39, 0.29) is 0 Å². The van der Waals surface area contributed by atoms with Gasteiger partial charge in [-0.25, -0.2) is 4.98 Å². The predicted octanol–water partition coefficient (Wildman–Crippen LogP) is 5.36. The van der Waals surface area contributed by atoms with Gasteiger partial charge in [0, 0.05) is 27.8 Å². The van der Waals surface area contributed by atoms with Gasteiger partial charge in [0.15, 0.2) is 4.96 Å². The largest absolute Gasteiger partial charge is 0.293 e. The molecule has 0 amide bonds. The highest BCUT2D eigenvalue weighted by molar-refractivity contribution is 7.98. The van der Waals surface area contributed by atoms with Crippen molar-refractivity contribution in [2.24, 2.45) is 0 Å². The summed E-state index contributed by atoms with van der Waals surface area (Å²) in [6, 6.07) is 20.9. The van der Waals surface area contributed by atoms with Crippen LogP contribution in [0, 0.1) is 0 Å². The maximum Gasteiger partial charge on any atom is 0.194 e. The van der Waals surface area contributed by atoms with Gasteiger partial charge in [-0.15, -0.1) is 23.1 Å². The molecule has 0 aliphatic heterocycles. The molecule has 0 atom stereocenters. The second-order valence-electron chi connectivity index (χ2n) is 4.93. The zero-order chi connectivity index (χ0) is 14.8. The second-order valence-corrected chi connectivity index (χ2v) is 6.85. The molecule has 4 heteroatoms. The van der Waals surface area contributed by atoms with Crippen molar-refractivity contribution in [3.63, 3.8) is 0 Å². The first-order valence-corrected chi connectivity index (χ1v) is 8.96. The quantitative estimate of drug-likeness (QED) is 0.471. The topological polar surface area (TPSA) is 17.3 Å². The number of fused-ring (bicyclic) bond motifs is 1. The maximum absolute atomic E-state index is 4.82. The van der Waals surface area contributed by atoms with Crippen LogP contribution in [-0.4, -0.2) is 9.38 Å². The molecule has 2 nitrogen and oxygen atoms in total. The highest BCUT2D eigenvalue weighted by Crippen LogP contribution is 2.31. The SMILES string of the molecule is c1ccc(SCc2c(-c3ccccc3)nc3sccn23)cc1. The van der Waals surface area contributed by atoms with Crippen molar-refractivity contribution in [1.82, 2.24) is 9.38 Å². The van der Waals surface area contributed by atoms with E-state index in [4.69, 9.17) is 4.98 Å². The number of thiazole rings is 1. The minimum atomic E-state index is 0.909. The summed E-state index contributed by atoms with van der Waals surface area (Å²) in [6.07, 6.45) is 2.11. The number of imidazole rings is 1. The summed E-state index contributed by atoms with van der Waals surface area (Å²) >= 11 is 3.53. The number of thioether (sulfide) groups is 1. The van der Waals surface area contributed by atoms with Crippen molar-refractivity contribution < 1.29 is 0 Å². The number of nitrogens with zero attached hydrogens (tertiary/aromatic N) is 2. The Bertz CT molecular complexity index is 879. The lowest BCUT2D eigenvalue weighted by molar-refractivity contribution is 1.12. The van der Waals surface area contributed by atoms with E-state index in [1.165, 1.54) is 16.2 Å². The third-order valence-corrected chi connectivity index (χ3v) is 5.31. The van der Waals surface area contributed by atoms with Crippen molar-refractivity contribution in [2.45, 2.75) is 10.6 Å². The number of hydrogen-bond donors (Lipinski definition) is 0. The van der Waals surface area contributed by atoms with Crippen molar-refractivity contribution >= 4 is 28.1 Å². The van der Waals surface area contributed by atoms with E-state index in [0.717, 1.165) is 16.4 Å². The predicted molar refractivity (Wildman–Crippen MR) is 94.5 cm³/mol. The maximum atomic E-state index is 4.82. The second kappa shape index (κ2) is 5.99. The van der Waals surface area contributed by atoms with Crippen LogP contribution in [0.3, 0.4) is 0 Å². The minimum Gasteiger partial charge on any atom is -0.293 e. The average Bonchev–Trinajstić information content (AvgIpc) is 3.16. The van der Waals surface area contributed by atoms with E-state index in [1.807, 2.05) is 17.8 Å². The Labute approximate surface area is 137 Å². The summed E-state index contributed by atoms with van der Waals surface area (Å²) in [4.78, 5) is 7.17. The Morgan fingerprint density at radius 2 is 1.68 bits per heavy atom. The number of aromatic nitrogens is 2. The Balaban J connectivity index is 1.73. The molecule has 0 unspecified atom stereocenters. The van der Waals surface area contributed by atoms with Gasteiger partial charge in [0.25, 0.3) is 0 Å². The zero-order valence-electron chi connectivity index (χ0n) is 11.8. The van der Waals surface area contributed by atoms with Gasteiger partial charge in [0.2, 0.25) is 0 Å². The first-order chi connectivity index (χ1) is 10.9. The molecular formula is C18H14N2S2. The first-order valence-electron chi connectivity index (χ1n) is 7.09. The number of hydrogen-bond acceptors (Lipinski definition) is 3. The van der Waals surface area contributed by atoms with Crippen molar-refractivity contribution in [2.75, 3.05) is 0 Å². The van der Waals surface area contributed by atoms with Crippen LogP contribution < -0.4 is 0 Å². The highest BCUT2D eigenvalue weighted by atomic mass is 32.2. The van der Waals surface area contributed by atoms with E-state index in [1.54, 1.807) is 11.3 Å². The molecule has 4 aromatic rings. The molecule has 0 bridgehead atoms. The molecule has 0 fully saturated rings. The molecule has 2 aromatic carbocycles. The van der Waals surface area contributed by atoms with Gasteiger partial charge in [-0.05, 0) is 12.1 Å². The number of rotatable bonds is 4. The molecule has 2 heterocycles. The lowest BCUT2D eigenvalue weighted by atomic mass is 10.1. The van der Waals surface area contributed by atoms with Crippen molar-refractivity contribution in [3.05, 3.63) is 77.9 Å². The summed E-state index contributed by atoms with van der Waals surface area (Å²) in [5.41, 5.74) is 3.54. The average molecular weight is 322 g/mol. The van der Waals surface area contributed by atoms with E-state index in [9.17, 15) is 0 Å². The van der Waals surface area contributed by atoms with Gasteiger partial charge >= 0.3 is 0 Å². The molecule has 0 aliphatic rings. The molecule has 0 N–H and O–H groups in total. The molecule has 0 saturated heterocycles. The van der Waals surface area contributed by atoms with Gasteiger partial charge in [-0.3, -0.25) is 4.40 Å². The molecule has 4 rings (SSSR count). The van der Waals surface area contributed by atoms with Crippen LogP contribution in [0.5, 0.6) is 0 Å². The molecule has 22 heavy (non-hydrogen) atoms. The van der Waals surface area contributed by atoms with Crippen molar-refractivity contribution in [1.29, 1.82) is 0 Å². The smallest absolute Gasteiger partial charge is 0.194 e. The van der Waals surface area contributed by atoms with Crippen LogP contribution in [0.2, 0.25) is 0 Å². The Morgan fingerprint density at radius 3 is 2.45 bits per heavy atom. The summed E-state index contributed by atoms with van der Waals surface area (Å²) < 4.78 is 2.21. The van der Waals surface area contributed by atoms with Gasteiger partial charge in [0.05, 0.1) is 11.4 Å². The van der Waals surface area contributed by atoms with Gasteiger partial charge in [0.1, 0.15) is 0 Å². The van der Waals surface area contributed by atoms with Crippen LogP contribution in [0.15, 0.2) is 77.1 Å². The van der Waals surface area contributed by atoms with Gasteiger partial charge in [-0.2, -0.15) is 0 Å². The molecule has 0 radical (unpaired) electrons. The number of benzene rings is 2. The van der Waals surface area contributed by atoms with E-state index >= 15 is 0 Å². The zero-order valence-corrected chi connectivity index (χ0v) is 13.5. The highest BCUT2D eigenvalue weighted by Gasteiger charge is 2.14. The van der Waals surface area contributed by atoms with Crippen LogP contribution in [0.25, 0.3) is 16.2 Å². The van der Waals surface area contributed by atoms with Crippen molar-refractivity contribution in [3.8, 4) is 11.3 Å². The first kappa shape index (κ1) is 13.6. The van der Waals surface area contributed by atoms with Gasteiger partial charge < -0.3 is 0 Å². The Morgan fingerprint density at radius 1 is 0.955 bits per heavy atom. The molecule has 0 spiro atoms. The summed E-state index contributed by atoms with van der Waals surface area (Å²) in [5.74, 6) is 0.909. The normalized spacial score (nSPS) is 11.1. The minimum absolute atomic E-state index is 0.909. The Kier molecular flexibility index (Phi) is 3.70. The molecule has 0 aliphatic carbocycles. The fourth-order valence-electron chi connectivity index (χ4n) is 2.47. The van der Waals surface area contributed by atoms with Crippen LogP contribution in [0.1, 0.15) is 5.69 Å². The summed E-state index contributed by atoms with van der Waals surface area (Å²) in [7, 11) is 0. The fraction of sp³-hybridized carbons (Fsp3) is 0.0556. The lowest BCUT2D eigenvalue weighted by Crippen LogP contribution is -1.90. The van der Waals surface area contributed by atoms with E-state index in [2.05, 4.69) is 70.6 Å². The molecular weight excluding hydrogens is 308 g/mol. The van der Waals surface area contributed by atoms with E-state index < -0.39 is 0 Å². The van der Waals surface area contributed by atoms with Gasteiger partial charge in [-0.1, -0.05) is 48.5 Å². The lowest BCUT2D eigenvalue weighted by Gasteiger charge is -2.05. The summed E-state index contributed by atoms with van der Waals surface area (Å²) in [6.45, 7) is 0.